The maximum atomic E-state index is 12.4. The molecule has 5 nitrogen and oxygen atoms in total. The van der Waals surface area contributed by atoms with Crippen molar-refractivity contribution in [3.8, 4) is 0 Å². The number of carbonyl (C=O) groups excluding carboxylic acids is 2. The van der Waals surface area contributed by atoms with Gasteiger partial charge in [0.15, 0.2) is 0 Å². The van der Waals surface area contributed by atoms with Crippen molar-refractivity contribution >= 4 is 23.2 Å². The summed E-state index contributed by atoms with van der Waals surface area (Å²) in [6.07, 6.45) is 3.54. The number of likely N-dealkylation sites (tertiary alicyclic amines) is 1. The lowest BCUT2D eigenvalue weighted by molar-refractivity contribution is -0.144. The van der Waals surface area contributed by atoms with Gasteiger partial charge in [0.25, 0.3) is 0 Å². The monoisotopic (exact) mass is 296 g/mol. The highest BCUT2D eigenvalue weighted by molar-refractivity contribution is 7.09. The third kappa shape index (κ3) is 3.79. The van der Waals surface area contributed by atoms with Crippen LogP contribution in [-0.2, 0) is 20.7 Å². The van der Waals surface area contributed by atoms with Gasteiger partial charge in [0.1, 0.15) is 0 Å². The fraction of sp³-hybridized carbons (Fsp3) is 0.643. The smallest absolute Gasteiger partial charge is 0.307 e. The van der Waals surface area contributed by atoms with Gasteiger partial charge in [0, 0.05) is 18.0 Å². The van der Waals surface area contributed by atoms with Gasteiger partial charge in [-0.15, -0.1) is 11.3 Å². The summed E-state index contributed by atoms with van der Waals surface area (Å²) in [7, 11) is 1.38. The molecule has 1 aromatic heterocycles. The normalized spacial score (nSPS) is 18.9. The van der Waals surface area contributed by atoms with Crippen molar-refractivity contribution in [2.24, 2.45) is 0 Å². The first kappa shape index (κ1) is 15.0. The Kier molecular flexibility index (Phi) is 5.11. The molecular weight excluding hydrogens is 276 g/mol. The molecule has 1 saturated heterocycles. The molecule has 1 aliphatic heterocycles. The summed E-state index contributed by atoms with van der Waals surface area (Å²) in [6, 6.07) is -0.0246. The molecule has 1 aromatic rings. The average molecular weight is 296 g/mol. The Hall–Kier alpha value is -1.43. The molecule has 0 saturated carbocycles. The standard InChI is InChI=1S/C14H20N2O3S/c1-10-15-11(9-20-10)7-13(17)16-6-4-3-5-12(16)8-14(18)19-2/h9,12H,3-8H2,1-2H3. The van der Waals surface area contributed by atoms with Crippen molar-refractivity contribution in [3.63, 3.8) is 0 Å². The molecule has 1 fully saturated rings. The summed E-state index contributed by atoms with van der Waals surface area (Å²) in [6.45, 7) is 2.66. The highest BCUT2D eigenvalue weighted by Gasteiger charge is 2.28. The summed E-state index contributed by atoms with van der Waals surface area (Å²) in [5, 5.41) is 2.89. The second-order valence-corrected chi connectivity index (χ2v) is 6.11. The number of hydrogen-bond donors (Lipinski definition) is 0. The number of aromatic nitrogens is 1. The fourth-order valence-electron chi connectivity index (χ4n) is 2.56. The van der Waals surface area contributed by atoms with Crippen molar-refractivity contribution < 1.29 is 14.3 Å². The van der Waals surface area contributed by atoms with Gasteiger partial charge in [-0.05, 0) is 26.2 Å². The molecule has 0 radical (unpaired) electrons. The number of ether oxygens (including phenoxy) is 1. The van der Waals surface area contributed by atoms with Gasteiger partial charge in [-0.1, -0.05) is 0 Å². The second-order valence-electron chi connectivity index (χ2n) is 5.05. The Morgan fingerprint density at radius 3 is 2.95 bits per heavy atom. The lowest BCUT2D eigenvalue weighted by Crippen LogP contribution is -2.45. The van der Waals surface area contributed by atoms with E-state index in [1.54, 1.807) is 11.3 Å². The molecule has 6 heteroatoms. The Morgan fingerprint density at radius 1 is 1.50 bits per heavy atom. The molecule has 2 rings (SSSR count). The quantitative estimate of drug-likeness (QED) is 0.797. The van der Waals surface area contributed by atoms with Gasteiger partial charge in [-0.2, -0.15) is 0 Å². The zero-order valence-electron chi connectivity index (χ0n) is 11.9. The van der Waals surface area contributed by atoms with Gasteiger partial charge in [0.05, 0.1) is 30.7 Å². The van der Waals surface area contributed by atoms with Crippen LogP contribution in [0.1, 0.15) is 36.4 Å². The van der Waals surface area contributed by atoms with E-state index in [9.17, 15) is 9.59 Å². The van der Waals surface area contributed by atoms with Gasteiger partial charge in [-0.25, -0.2) is 4.98 Å². The second kappa shape index (κ2) is 6.83. The topological polar surface area (TPSA) is 59.5 Å². The van der Waals surface area contributed by atoms with Gasteiger partial charge >= 0.3 is 5.97 Å². The highest BCUT2D eigenvalue weighted by Crippen LogP contribution is 2.21. The lowest BCUT2D eigenvalue weighted by atomic mass is 9.98. The largest absolute Gasteiger partial charge is 0.469 e. The Morgan fingerprint density at radius 2 is 2.30 bits per heavy atom. The van der Waals surface area contributed by atoms with Crippen LogP contribution >= 0.6 is 11.3 Å². The molecule has 1 amide bonds. The summed E-state index contributed by atoms with van der Waals surface area (Å²) in [4.78, 5) is 30.0. The Labute approximate surface area is 122 Å². The molecule has 20 heavy (non-hydrogen) atoms. The van der Waals surface area contributed by atoms with E-state index in [1.807, 2.05) is 17.2 Å². The zero-order valence-corrected chi connectivity index (χ0v) is 12.7. The highest BCUT2D eigenvalue weighted by atomic mass is 32.1. The molecule has 110 valence electrons. The van der Waals surface area contributed by atoms with Crippen LogP contribution in [0, 0.1) is 6.92 Å². The number of nitrogens with zero attached hydrogens (tertiary/aromatic N) is 2. The number of rotatable bonds is 4. The number of hydrogen-bond acceptors (Lipinski definition) is 5. The van der Waals surface area contributed by atoms with E-state index < -0.39 is 0 Å². The van der Waals surface area contributed by atoms with Gasteiger partial charge < -0.3 is 9.64 Å². The van der Waals surface area contributed by atoms with Crippen LogP contribution in [0.2, 0.25) is 0 Å². The van der Waals surface area contributed by atoms with E-state index in [4.69, 9.17) is 4.74 Å². The van der Waals surface area contributed by atoms with Crippen molar-refractivity contribution in [1.82, 2.24) is 9.88 Å². The minimum absolute atomic E-state index is 0.0246. The van der Waals surface area contributed by atoms with E-state index >= 15 is 0 Å². The average Bonchev–Trinajstić information content (AvgIpc) is 2.84. The fourth-order valence-corrected chi connectivity index (χ4v) is 3.18. The molecule has 0 spiro atoms. The minimum Gasteiger partial charge on any atom is -0.469 e. The maximum absolute atomic E-state index is 12.4. The molecule has 0 N–H and O–H groups in total. The first-order valence-corrected chi connectivity index (χ1v) is 7.75. The number of thiazole rings is 1. The van der Waals surface area contributed by atoms with Crippen LogP contribution in [0.4, 0.5) is 0 Å². The van der Waals surface area contributed by atoms with Crippen LogP contribution in [0.5, 0.6) is 0 Å². The summed E-state index contributed by atoms with van der Waals surface area (Å²) in [5.74, 6) is -0.192. The third-order valence-electron chi connectivity index (χ3n) is 3.58. The number of carbonyl (C=O) groups is 2. The van der Waals surface area contributed by atoms with Crippen LogP contribution < -0.4 is 0 Å². The number of piperidine rings is 1. The minimum atomic E-state index is -0.251. The Balaban J connectivity index is 1.99. The van der Waals surface area contributed by atoms with E-state index in [-0.39, 0.29) is 17.9 Å². The molecule has 0 aromatic carbocycles. The molecule has 0 bridgehead atoms. The van der Waals surface area contributed by atoms with E-state index in [1.165, 1.54) is 7.11 Å². The van der Waals surface area contributed by atoms with Crippen LogP contribution in [-0.4, -0.2) is 41.5 Å². The summed E-state index contributed by atoms with van der Waals surface area (Å²) in [5.41, 5.74) is 0.819. The predicted molar refractivity (Wildman–Crippen MR) is 76.5 cm³/mol. The first-order chi connectivity index (χ1) is 9.60. The lowest BCUT2D eigenvalue weighted by Gasteiger charge is -2.35. The molecule has 0 aliphatic carbocycles. The van der Waals surface area contributed by atoms with E-state index in [2.05, 4.69) is 4.98 Å². The van der Waals surface area contributed by atoms with Crippen LogP contribution in [0.15, 0.2) is 5.38 Å². The van der Waals surface area contributed by atoms with Gasteiger partial charge in [-0.3, -0.25) is 9.59 Å². The SMILES string of the molecule is COC(=O)CC1CCCCN1C(=O)Cc1csc(C)n1. The van der Waals surface area contributed by atoms with Crippen molar-refractivity contribution in [3.05, 3.63) is 16.1 Å². The predicted octanol–water partition coefficient (Wildman–Crippen LogP) is 1.94. The Bertz CT molecular complexity index is 487. The molecule has 2 heterocycles. The van der Waals surface area contributed by atoms with Gasteiger partial charge in [0.2, 0.25) is 5.91 Å². The summed E-state index contributed by atoms with van der Waals surface area (Å²) < 4.78 is 4.72. The molecule has 1 aliphatic rings. The van der Waals surface area contributed by atoms with Crippen LogP contribution in [0.25, 0.3) is 0 Å². The van der Waals surface area contributed by atoms with Crippen molar-refractivity contribution in [2.75, 3.05) is 13.7 Å². The zero-order chi connectivity index (χ0) is 14.5. The molecule has 1 atom stereocenters. The van der Waals surface area contributed by atoms with Crippen LogP contribution in [0.3, 0.4) is 0 Å². The number of amides is 1. The van der Waals surface area contributed by atoms with E-state index in [0.717, 1.165) is 36.5 Å². The maximum Gasteiger partial charge on any atom is 0.307 e. The van der Waals surface area contributed by atoms with Crippen molar-refractivity contribution in [2.45, 2.75) is 45.1 Å². The van der Waals surface area contributed by atoms with Crippen molar-refractivity contribution in [1.29, 1.82) is 0 Å². The third-order valence-corrected chi connectivity index (χ3v) is 4.40. The molecular formula is C14H20N2O3S. The van der Waals surface area contributed by atoms with E-state index in [0.29, 0.717) is 12.8 Å². The first-order valence-electron chi connectivity index (χ1n) is 6.87. The number of esters is 1. The summed E-state index contributed by atoms with van der Waals surface area (Å²) >= 11 is 1.55. The number of aryl methyl sites for hydroxylation is 1. The number of methoxy groups -OCH3 is 1. The molecule has 1 unspecified atom stereocenters.